The summed E-state index contributed by atoms with van der Waals surface area (Å²) < 4.78 is 27.7. The van der Waals surface area contributed by atoms with E-state index in [-0.39, 0.29) is 4.90 Å². The second kappa shape index (κ2) is 6.99. The zero-order chi connectivity index (χ0) is 17.9. The highest BCUT2D eigenvalue weighted by atomic mass is 32.2. The van der Waals surface area contributed by atoms with Gasteiger partial charge in [-0.25, -0.2) is 8.42 Å². The number of hydrogen-bond donors (Lipinski definition) is 1. The van der Waals surface area contributed by atoms with Crippen LogP contribution in [-0.4, -0.2) is 22.5 Å². The fourth-order valence-electron chi connectivity index (χ4n) is 2.50. The predicted molar refractivity (Wildman–Crippen MR) is 103 cm³/mol. The monoisotopic (exact) mass is 352 g/mol. The van der Waals surface area contributed by atoms with Crippen molar-refractivity contribution in [1.29, 1.82) is 0 Å². The molecule has 0 radical (unpaired) electrons. The SMILES string of the molecule is CN(C)c1ccc(NS(=O)(=O)c2ccc(-c3ccccc3)cc2)cc1. The molecule has 0 saturated carbocycles. The van der Waals surface area contributed by atoms with Crippen LogP contribution in [0.3, 0.4) is 0 Å². The summed E-state index contributed by atoms with van der Waals surface area (Å²) in [7, 11) is 0.267. The summed E-state index contributed by atoms with van der Waals surface area (Å²) in [6, 6.07) is 24.0. The quantitative estimate of drug-likeness (QED) is 0.748. The van der Waals surface area contributed by atoms with Crippen molar-refractivity contribution in [3.63, 3.8) is 0 Å². The van der Waals surface area contributed by atoms with E-state index in [1.54, 1.807) is 24.3 Å². The number of nitrogens with zero attached hydrogens (tertiary/aromatic N) is 1. The molecule has 0 spiro atoms. The highest BCUT2D eigenvalue weighted by Gasteiger charge is 2.14. The zero-order valence-corrected chi connectivity index (χ0v) is 15.0. The van der Waals surface area contributed by atoms with E-state index in [9.17, 15) is 8.42 Å². The van der Waals surface area contributed by atoms with Gasteiger partial charge in [0.25, 0.3) is 10.0 Å². The summed E-state index contributed by atoms with van der Waals surface area (Å²) in [5, 5.41) is 0. The van der Waals surface area contributed by atoms with E-state index >= 15 is 0 Å². The van der Waals surface area contributed by atoms with Gasteiger partial charge in [-0.2, -0.15) is 0 Å². The molecule has 0 amide bonds. The Balaban J connectivity index is 1.80. The molecule has 0 unspecified atom stereocenters. The van der Waals surface area contributed by atoms with E-state index in [4.69, 9.17) is 0 Å². The van der Waals surface area contributed by atoms with Gasteiger partial charge in [-0.3, -0.25) is 4.72 Å². The lowest BCUT2D eigenvalue weighted by Gasteiger charge is -2.13. The molecular formula is C20H20N2O2S. The minimum absolute atomic E-state index is 0.240. The van der Waals surface area contributed by atoms with E-state index in [1.165, 1.54) is 0 Å². The molecule has 0 aliphatic rings. The third kappa shape index (κ3) is 4.00. The van der Waals surface area contributed by atoms with Crippen LogP contribution in [0.25, 0.3) is 11.1 Å². The summed E-state index contributed by atoms with van der Waals surface area (Å²) in [6.45, 7) is 0. The number of hydrogen-bond acceptors (Lipinski definition) is 3. The molecule has 0 heterocycles. The van der Waals surface area contributed by atoms with Gasteiger partial charge in [0.15, 0.2) is 0 Å². The Labute approximate surface area is 148 Å². The summed E-state index contributed by atoms with van der Waals surface area (Å²) in [5.41, 5.74) is 3.58. The molecule has 3 aromatic carbocycles. The van der Waals surface area contributed by atoms with Gasteiger partial charge in [0.05, 0.1) is 4.90 Å². The van der Waals surface area contributed by atoms with Crippen LogP contribution >= 0.6 is 0 Å². The summed E-state index contributed by atoms with van der Waals surface area (Å²) in [6.07, 6.45) is 0. The Bertz CT molecular complexity index is 933. The average Bonchev–Trinajstić information content (AvgIpc) is 2.63. The van der Waals surface area contributed by atoms with E-state index in [0.717, 1.165) is 16.8 Å². The molecule has 0 bridgehead atoms. The van der Waals surface area contributed by atoms with Crippen molar-refractivity contribution in [2.75, 3.05) is 23.7 Å². The van der Waals surface area contributed by atoms with E-state index in [1.807, 2.05) is 73.6 Å². The van der Waals surface area contributed by atoms with Crippen LogP contribution < -0.4 is 9.62 Å². The highest BCUT2D eigenvalue weighted by Crippen LogP contribution is 2.23. The third-order valence-electron chi connectivity index (χ3n) is 3.91. The molecule has 0 aliphatic heterocycles. The van der Waals surface area contributed by atoms with Crippen LogP contribution in [-0.2, 0) is 10.0 Å². The standard InChI is InChI=1S/C20H20N2O2S/c1-22(2)19-12-10-18(11-13-19)21-25(23,24)20-14-8-17(9-15-20)16-6-4-3-5-7-16/h3-15,21H,1-2H3. The summed E-state index contributed by atoms with van der Waals surface area (Å²) in [4.78, 5) is 2.20. The Hall–Kier alpha value is -2.79. The minimum atomic E-state index is -3.61. The molecule has 3 aromatic rings. The first-order valence-electron chi connectivity index (χ1n) is 7.91. The zero-order valence-electron chi connectivity index (χ0n) is 14.2. The Kier molecular flexibility index (Phi) is 4.76. The van der Waals surface area contributed by atoms with Gasteiger partial charge in [-0.15, -0.1) is 0 Å². The molecule has 5 heteroatoms. The maximum atomic E-state index is 12.5. The van der Waals surface area contributed by atoms with E-state index in [2.05, 4.69) is 4.72 Å². The van der Waals surface area contributed by atoms with Crippen LogP contribution in [0, 0.1) is 0 Å². The third-order valence-corrected chi connectivity index (χ3v) is 5.30. The molecule has 0 saturated heterocycles. The average molecular weight is 352 g/mol. The number of rotatable bonds is 5. The van der Waals surface area contributed by atoms with Crippen molar-refractivity contribution in [3.05, 3.63) is 78.9 Å². The molecule has 1 N–H and O–H groups in total. The largest absolute Gasteiger partial charge is 0.378 e. The van der Waals surface area contributed by atoms with Crippen molar-refractivity contribution in [2.24, 2.45) is 0 Å². The molecule has 4 nitrogen and oxygen atoms in total. The molecule has 0 fully saturated rings. The van der Waals surface area contributed by atoms with Gasteiger partial charge >= 0.3 is 0 Å². The Morgan fingerprint density at radius 2 is 1.28 bits per heavy atom. The molecule has 0 aromatic heterocycles. The van der Waals surface area contributed by atoms with Crippen molar-refractivity contribution in [3.8, 4) is 11.1 Å². The lowest BCUT2D eigenvalue weighted by Crippen LogP contribution is -2.13. The lowest BCUT2D eigenvalue weighted by molar-refractivity contribution is 0.601. The van der Waals surface area contributed by atoms with Crippen LogP contribution in [0.5, 0.6) is 0 Å². The van der Waals surface area contributed by atoms with Gasteiger partial charge in [-0.1, -0.05) is 42.5 Å². The van der Waals surface area contributed by atoms with Gasteiger partial charge in [0.1, 0.15) is 0 Å². The maximum Gasteiger partial charge on any atom is 0.261 e. The van der Waals surface area contributed by atoms with Crippen LogP contribution in [0.2, 0.25) is 0 Å². The van der Waals surface area contributed by atoms with E-state index < -0.39 is 10.0 Å². The Morgan fingerprint density at radius 1 is 0.720 bits per heavy atom. The van der Waals surface area contributed by atoms with Crippen molar-refractivity contribution in [1.82, 2.24) is 0 Å². The van der Waals surface area contributed by atoms with Gasteiger partial charge < -0.3 is 4.90 Å². The van der Waals surface area contributed by atoms with Crippen molar-refractivity contribution < 1.29 is 8.42 Å². The molecule has 25 heavy (non-hydrogen) atoms. The second-order valence-corrected chi connectivity index (χ2v) is 7.62. The molecule has 3 rings (SSSR count). The Morgan fingerprint density at radius 3 is 1.84 bits per heavy atom. The van der Waals surface area contributed by atoms with Gasteiger partial charge in [-0.05, 0) is 47.5 Å². The topological polar surface area (TPSA) is 49.4 Å². The van der Waals surface area contributed by atoms with Crippen LogP contribution in [0.15, 0.2) is 83.8 Å². The molecule has 0 atom stereocenters. The first-order valence-corrected chi connectivity index (χ1v) is 9.40. The number of nitrogens with one attached hydrogen (secondary N) is 1. The van der Waals surface area contributed by atoms with Crippen LogP contribution in [0.1, 0.15) is 0 Å². The first kappa shape index (κ1) is 17.0. The number of sulfonamides is 1. The van der Waals surface area contributed by atoms with Gasteiger partial charge in [0, 0.05) is 25.5 Å². The fraction of sp³-hybridized carbons (Fsp3) is 0.100. The number of benzene rings is 3. The van der Waals surface area contributed by atoms with Crippen molar-refractivity contribution >= 4 is 21.4 Å². The van der Waals surface area contributed by atoms with Crippen LogP contribution in [0.4, 0.5) is 11.4 Å². The summed E-state index contributed by atoms with van der Waals surface area (Å²) >= 11 is 0. The number of anilines is 2. The van der Waals surface area contributed by atoms with E-state index in [0.29, 0.717) is 5.69 Å². The molecule has 0 aliphatic carbocycles. The maximum absolute atomic E-state index is 12.5. The second-order valence-electron chi connectivity index (χ2n) is 5.94. The van der Waals surface area contributed by atoms with Crippen molar-refractivity contribution in [2.45, 2.75) is 4.90 Å². The predicted octanol–water partition coefficient (Wildman–Crippen LogP) is 4.22. The fourth-order valence-corrected chi connectivity index (χ4v) is 3.56. The first-order chi connectivity index (χ1) is 12.0. The summed E-state index contributed by atoms with van der Waals surface area (Å²) in [5.74, 6) is 0. The highest BCUT2D eigenvalue weighted by molar-refractivity contribution is 7.92. The smallest absolute Gasteiger partial charge is 0.261 e. The lowest BCUT2D eigenvalue weighted by atomic mass is 10.1. The normalized spacial score (nSPS) is 11.1. The van der Waals surface area contributed by atoms with Gasteiger partial charge in [0.2, 0.25) is 0 Å². The minimum Gasteiger partial charge on any atom is -0.378 e. The molecular weight excluding hydrogens is 332 g/mol. The molecule has 128 valence electrons.